The maximum Gasteiger partial charge on any atom is 0.242 e. The van der Waals surface area contributed by atoms with Crippen LogP contribution in [0.3, 0.4) is 0 Å². The highest BCUT2D eigenvalue weighted by molar-refractivity contribution is 6.11. The molecule has 2 rings (SSSR count). The summed E-state index contributed by atoms with van der Waals surface area (Å²) in [5, 5.41) is 0. The van der Waals surface area contributed by atoms with Crippen molar-refractivity contribution >= 4 is 17.5 Å². The SMILES string of the molecule is CCC1CCCCN1C(=O)C(C)(C)C(=O)N(CC)c1ccccc1. The standard InChI is InChI=1S/C20H30N2O2/c1-5-16-12-10-11-15-22(16)19(24)20(3,4)18(23)21(6-2)17-13-8-7-9-14-17/h7-9,13-14,16H,5-6,10-12,15H2,1-4H3. The molecule has 1 aliphatic heterocycles. The molecule has 4 nitrogen and oxygen atoms in total. The molecule has 1 aromatic rings. The molecule has 1 saturated heterocycles. The van der Waals surface area contributed by atoms with Gasteiger partial charge in [-0.15, -0.1) is 0 Å². The smallest absolute Gasteiger partial charge is 0.242 e. The number of para-hydroxylation sites is 1. The molecular weight excluding hydrogens is 300 g/mol. The number of likely N-dealkylation sites (tertiary alicyclic amines) is 1. The predicted molar refractivity (Wildman–Crippen MR) is 97.9 cm³/mol. The van der Waals surface area contributed by atoms with Gasteiger partial charge in [0.15, 0.2) is 0 Å². The van der Waals surface area contributed by atoms with Crippen LogP contribution in [-0.4, -0.2) is 35.8 Å². The van der Waals surface area contributed by atoms with Gasteiger partial charge in [-0.1, -0.05) is 25.1 Å². The summed E-state index contributed by atoms with van der Waals surface area (Å²) >= 11 is 0. The number of nitrogens with zero attached hydrogens (tertiary/aromatic N) is 2. The largest absolute Gasteiger partial charge is 0.339 e. The van der Waals surface area contributed by atoms with E-state index in [4.69, 9.17) is 0 Å². The molecule has 0 N–H and O–H groups in total. The minimum Gasteiger partial charge on any atom is -0.339 e. The first-order chi connectivity index (χ1) is 11.4. The topological polar surface area (TPSA) is 40.6 Å². The Morgan fingerprint density at radius 3 is 2.42 bits per heavy atom. The second-order valence-corrected chi connectivity index (χ2v) is 7.07. The van der Waals surface area contributed by atoms with Crippen LogP contribution in [-0.2, 0) is 9.59 Å². The Morgan fingerprint density at radius 1 is 1.17 bits per heavy atom. The van der Waals surface area contributed by atoms with E-state index in [-0.39, 0.29) is 17.9 Å². The van der Waals surface area contributed by atoms with Crippen molar-refractivity contribution in [1.82, 2.24) is 4.90 Å². The van der Waals surface area contributed by atoms with Crippen LogP contribution in [0.25, 0.3) is 0 Å². The summed E-state index contributed by atoms with van der Waals surface area (Å²) < 4.78 is 0. The molecule has 0 saturated carbocycles. The van der Waals surface area contributed by atoms with Gasteiger partial charge >= 0.3 is 0 Å². The molecule has 1 atom stereocenters. The predicted octanol–water partition coefficient (Wildman–Crippen LogP) is 3.86. The highest BCUT2D eigenvalue weighted by Gasteiger charge is 2.43. The first-order valence-electron chi connectivity index (χ1n) is 9.11. The summed E-state index contributed by atoms with van der Waals surface area (Å²) in [4.78, 5) is 30.0. The van der Waals surface area contributed by atoms with E-state index in [9.17, 15) is 9.59 Å². The van der Waals surface area contributed by atoms with Crippen LogP contribution in [0.1, 0.15) is 53.4 Å². The van der Waals surface area contributed by atoms with Crippen LogP contribution in [0.4, 0.5) is 5.69 Å². The van der Waals surface area contributed by atoms with Gasteiger partial charge in [-0.25, -0.2) is 0 Å². The summed E-state index contributed by atoms with van der Waals surface area (Å²) in [6.07, 6.45) is 4.19. The fraction of sp³-hybridized carbons (Fsp3) is 0.600. The molecule has 0 spiro atoms. The second kappa shape index (κ2) is 7.82. The third kappa shape index (κ3) is 3.63. The normalized spacial score (nSPS) is 18.3. The molecule has 24 heavy (non-hydrogen) atoms. The average Bonchev–Trinajstić information content (AvgIpc) is 2.62. The summed E-state index contributed by atoms with van der Waals surface area (Å²) in [6, 6.07) is 9.85. The van der Waals surface area contributed by atoms with Crippen molar-refractivity contribution in [2.75, 3.05) is 18.0 Å². The van der Waals surface area contributed by atoms with Crippen molar-refractivity contribution < 1.29 is 9.59 Å². The zero-order chi connectivity index (χ0) is 17.7. The minimum absolute atomic E-state index is 0.0339. The van der Waals surface area contributed by atoms with E-state index < -0.39 is 5.41 Å². The molecule has 132 valence electrons. The van der Waals surface area contributed by atoms with Crippen molar-refractivity contribution in [3.05, 3.63) is 30.3 Å². The summed E-state index contributed by atoms with van der Waals surface area (Å²) in [7, 11) is 0. The van der Waals surface area contributed by atoms with Crippen molar-refractivity contribution in [2.24, 2.45) is 5.41 Å². The van der Waals surface area contributed by atoms with Crippen LogP contribution in [0.2, 0.25) is 0 Å². The van der Waals surface area contributed by atoms with E-state index in [0.29, 0.717) is 6.54 Å². The van der Waals surface area contributed by atoms with E-state index >= 15 is 0 Å². The number of rotatable bonds is 5. The lowest BCUT2D eigenvalue weighted by molar-refractivity contribution is -0.150. The van der Waals surface area contributed by atoms with Crippen molar-refractivity contribution in [3.63, 3.8) is 0 Å². The quantitative estimate of drug-likeness (QED) is 0.769. The molecule has 0 radical (unpaired) electrons. The van der Waals surface area contributed by atoms with Crippen molar-refractivity contribution in [1.29, 1.82) is 0 Å². The van der Waals surface area contributed by atoms with Gasteiger partial charge in [0.1, 0.15) is 5.41 Å². The van der Waals surface area contributed by atoms with E-state index in [2.05, 4.69) is 6.92 Å². The summed E-state index contributed by atoms with van der Waals surface area (Å²) in [5.41, 5.74) is -0.201. The monoisotopic (exact) mass is 330 g/mol. The van der Waals surface area contributed by atoms with E-state index in [0.717, 1.165) is 31.5 Å². The molecular formula is C20H30N2O2. The van der Waals surface area contributed by atoms with Crippen LogP contribution in [0, 0.1) is 5.41 Å². The maximum atomic E-state index is 13.2. The van der Waals surface area contributed by atoms with Crippen LogP contribution >= 0.6 is 0 Å². The Bertz CT molecular complexity index is 568. The van der Waals surface area contributed by atoms with Crippen LogP contribution in [0.15, 0.2) is 30.3 Å². The molecule has 1 unspecified atom stereocenters. The Balaban J connectivity index is 2.23. The molecule has 1 fully saturated rings. The van der Waals surface area contributed by atoms with E-state index in [1.54, 1.807) is 18.7 Å². The summed E-state index contributed by atoms with van der Waals surface area (Å²) in [6.45, 7) is 8.92. The van der Waals surface area contributed by atoms with Crippen molar-refractivity contribution in [3.8, 4) is 0 Å². The highest BCUT2D eigenvalue weighted by Crippen LogP contribution is 2.30. The average molecular weight is 330 g/mol. The molecule has 0 aliphatic carbocycles. The highest BCUT2D eigenvalue weighted by atomic mass is 16.2. The van der Waals surface area contributed by atoms with Gasteiger partial charge in [0, 0.05) is 24.8 Å². The Labute approximate surface area is 145 Å². The molecule has 1 aliphatic rings. The summed E-state index contributed by atoms with van der Waals surface area (Å²) in [5.74, 6) is -0.157. The lowest BCUT2D eigenvalue weighted by Gasteiger charge is -2.40. The third-order valence-electron chi connectivity index (χ3n) is 5.06. The van der Waals surface area contributed by atoms with Gasteiger partial charge in [-0.3, -0.25) is 9.59 Å². The molecule has 0 aromatic heterocycles. The number of carbonyl (C=O) groups is 2. The fourth-order valence-corrected chi connectivity index (χ4v) is 3.53. The lowest BCUT2D eigenvalue weighted by Crippen LogP contribution is -2.54. The van der Waals surface area contributed by atoms with E-state index in [1.165, 1.54) is 6.42 Å². The van der Waals surface area contributed by atoms with Gasteiger partial charge in [0.05, 0.1) is 0 Å². The number of benzene rings is 1. The Morgan fingerprint density at radius 2 is 1.83 bits per heavy atom. The fourth-order valence-electron chi connectivity index (χ4n) is 3.53. The van der Waals surface area contributed by atoms with Gasteiger partial charge in [-0.05, 0) is 58.6 Å². The number of hydrogen-bond donors (Lipinski definition) is 0. The van der Waals surface area contributed by atoms with Gasteiger partial charge in [0.2, 0.25) is 11.8 Å². The molecule has 4 heteroatoms. The molecule has 1 aromatic carbocycles. The van der Waals surface area contributed by atoms with Crippen LogP contribution < -0.4 is 4.90 Å². The second-order valence-electron chi connectivity index (χ2n) is 7.07. The van der Waals surface area contributed by atoms with Gasteiger partial charge in [-0.2, -0.15) is 0 Å². The number of piperidine rings is 1. The third-order valence-corrected chi connectivity index (χ3v) is 5.06. The van der Waals surface area contributed by atoms with Gasteiger partial charge < -0.3 is 9.80 Å². The number of carbonyl (C=O) groups excluding carboxylic acids is 2. The zero-order valence-electron chi connectivity index (χ0n) is 15.4. The van der Waals surface area contributed by atoms with Crippen LogP contribution in [0.5, 0.6) is 0 Å². The number of amides is 2. The zero-order valence-corrected chi connectivity index (χ0v) is 15.4. The number of hydrogen-bond acceptors (Lipinski definition) is 2. The molecule has 1 heterocycles. The molecule has 2 amide bonds. The Kier molecular flexibility index (Phi) is 6.03. The minimum atomic E-state index is -1.05. The first kappa shape index (κ1) is 18.5. The number of anilines is 1. The first-order valence-corrected chi connectivity index (χ1v) is 9.11. The van der Waals surface area contributed by atoms with Gasteiger partial charge in [0.25, 0.3) is 0 Å². The lowest BCUT2D eigenvalue weighted by atomic mass is 9.87. The van der Waals surface area contributed by atoms with Crippen molar-refractivity contribution in [2.45, 2.75) is 59.4 Å². The van der Waals surface area contributed by atoms with E-state index in [1.807, 2.05) is 42.2 Å². The maximum absolute atomic E-state index is 13.2. The molecule has 0 bridgehead atoms. The Hall–Kier alpha value is -1.84.